The minimum atomic E-state index is -0.440. The van der Waals surface area contributed by atoms with Crippen molar-refractivity contribution in [3.8, 4) is 0 Å². The Bertz CT molecular complexity index is 510. The molecule has 0 radical (unpaired) electrons. The summed E-state index contributed by atoms with van der Waals surface area (Å²) >= 11 is 4.85. The molecule has 1 unspecified atom stereocenters. The first-order valence-electron chi connectivity index (χ1n) is 5.52. The number of thiazole rings is 1. The Labute approximate surface area is 118 Å². The van der Waals surface area contributed by atoms with Crippen LogP contribution in [0.15, 0.2) is 39.6 Å². The molecular formula is C13H12BrNO2S. The van der Waals surface area contributed by atoms with Crippen LogP contribution in [0.3, 0.4) is 0 Å². The van der Waals surface area contributed by atoms with Gasteiger partial charge in [-0.25, -0.2) is 4.98 Å². The molecule has 0 saturated carbocycles. The van der Waals surface area contributed by atoms with Crippen LogP contribution in [0.5, 0.6) is 0 Å². The zero-order valence-corrected chi connectivity index (χ0v) is 12.2. The molecule has 0 bridgehead atoms. The Hall–Kier alpha value is -1.20. The number of benzene rings is 1. The van der Waals surface area contributed by atoms with Crippen molar-refractivity contribution in [3.63, 3.8) is 0 Å². The van der Waals surface area contributed by atoms with Gasteiger partial charge in [0.15, 0.2) is 0 Å². The van der Waals surface area contributed by atoms with Gasteiger partial charge >= 0.3 is 5.97 Å². The molecule has 0 amide bonds. The number of carbonyl (C=O) groups excluding carboxylic acids is 1. The van der Waals surface area contributed by atoms with Crippen LogP contribution in [0.1, 0.15) is 24.1 Å². The molecule has 5 heteroatoms. The first kappa shape index (κ1) is 13.2. The van der Waals surface area contributed by atoms with Crippen LogP contribution < -0.4 is 0 Å². The Morgan fingerprint density at radius 3 is 2.72 bits per heavy atom. The second-order valence-corrected chi connectivity index (χ2v) is 5.28. The highest BCUT2D eigenvalue weighted by molar-refractivity contribution is 9.10. The summed E-state index contributed by atoms with van der Waals surface area (Å²) in [5, 5.41) is 1.88. The third-order valence-electron chi connectivity index (χ3n) is 2.47. The van der Waals surface area contributed by atoms with Crippen LogP contribution >= 0.6 is 27.3 Å². The van der Waals surface area contributed by atoms with E-state index < -0.39 is 5.92 Å². The quantitative estimate of drug-likeness (QED) is 0.806. The molecule has 0 fully saturated rings. The Balaban J connectivity index is 2.36. The van der Waals surface area contributed by atoms with Crippen LogP contribution in [-0.2, 0) is 9.53 Å². The van der Waals surface area contributed by atoms with Crippen molar-refractivity contribution in [2.45, 2.75) is 12.8 Å². The van der Waals surface area contributed by atoms with Crippen LogP contribution in [0, 0.1) is 0 Å². The molecule has 2 rings (SSSR count). The van der Waals surface area contributed by atoms with Gasteiger partial charge in [-0.15, -0.1) is 11.3 Å². The number of nitrogens with zero attached hydrogens (tertiary/aromatic N) is 1. The first-order chi connectivity index (χ1) is 8.72. The highest BCUT2D eigenvalue weighted by atomic mass is 79.9. The predicted octanol–water partition coefficient (Wildman–Crippen LogP) is 3.60. The molecular weight excluding hydrogens is 314 g/mol. The van der Waals surface area contributed by atoms with Gasteiger partial charge in [-0.3, -0.25) is 4.79 Å². The SMILES string of the molecule is CCOC(=O)C(c1ccc(Br)cc1)c1cscn1. The molecule has 1 aromatic carbocycles. The first-order valence-corrected chi connectivity index (χ1v) is 7.26. The average molecular weight is 326 g/mol. The minimum absolute atomic E-state index is 0.259. The molecule has 0 aliphatic heterocycles. The lowest BCUT2D eigenvalue weighted by molar-refractivity contribution is -0.143. The zero-order valence-electron chi connectivity index (χ0n) is 9.80. The number of hydrogen-bond donors (Lipinski definition) is 0. The second-order valence-electron chi connectivity index (χ2n) is 3.65. The van der Waals surface area contributed by atoms with Crippen molar-refractivity contribution in [2.75, 3.05) is 6.61 Å². The summed E-state index contributed by atoms with van der Waals surface area (Å²) in [6.45, 7) is 2.17. The van der Waals surface area contributed by atoms with Crippen molar-refractivity contribution < 1.29 is 9.53 Å². The molecule has 94 valence electrons. The Kier molecular flexibility index (Phi) is 4.49. The number of rotatable bonds is 4. The van der Waals surface area contributed by atoms with E-state index in [1.165, 1.54) is 11.3 Å². The lowest BCUT2D eigenvalue weighted by Crippen LogP contribution is -2.17. The van der Waals surface area contributed by atoms with E-state index in [1.807, 2.05) is 29.6 Å². The van der Waals surface area contributed by atoms with Crippen LogP contribution in [0.4, 0.5) is 0 Å². The number of esters is 1. The summed E-state index contributed by atoms with van der Waals surface area (Å²) in [4.78, 5) is 16.3. The highest BCUT2D eigenvalue weighted by Crippen LogP contribution is 2.27. The number of halogens is 1. The summed E-state index contributed by atoms with van der Waals surface area (Å²) in [5.41, 5.74) is 3.35. The van der Waals surface area contributed by atoms with Gasteiger partial charge in [0.25, 0.3) is 0 Å². The Morgan fingerprint density at radius 2 is 2.17 bits per heavy atom. The number of ether oxygens (including phenoxy) is 1. The minimum Gasteiger partial charge on any atom is -0.465 e. The fourth-order valence-electron chi connectivity index (χ4n) is 1.67. The molecule has 2 aromatic rings. The molecule has 1 aromatic heterocycles. The summed E-state index contributed by atoms with van der Waals surface area (Å²) in [7, 11) is 0. The van der Waals surface area contributed by atoms with Crippen molar-refractivity contribution in [2.24, 2.45) is 0 Å². The summed E-state index contributed by atoms with van der Waals surface area (Å²) in [6, 6.07) is 7.64. The maximum absolute atomic E-state index is 12.1. The van der Waals surface area contributed by atoms with Crippen molar-refractivity contribution in [1.82, 2.24) is 4.98 Å². The molecule has 1 atom stereocenters. The van der Waals surface area contributed by atoms with E-state index in [2.05, 4.69) is 20.9 Å². The molecule has 1 heterocycles. The molecule has 0 spiro atoms. The lowest BCUT2D eigenvalue weighted by Gasteiger charge is -2.14. The summed E-state index contributed by atoms with van der Waals surface area (Å²) < 4.78 is 6.11. The van der Waals surface area contributed by atoms with E-state index in [-0.39, 0.29) is 5.97 Å². The van der Waals surface area contributed by atoms with E-state index in [0.717, 1.165) is 15.7 Å². The molecule has 18 heavy (non-hydrogen) atoms. The van der Waals surface area contributed by atoms with Crippen LogP contribution in [-0.4, -0.2) is 17.6 Å². The third kappa shape index (κ3) is 2.97. The van der Waals surface area contributed by atoms with E-state index >= 15 is 0 Å². The van der Waals surface area contributed by atoms with Crippen LogP contribution in [0.2, 0.25) is 0 Å². The van der Waals surface area contributed by atoms with Gasteiger partial charge in [0.2, 0.25) is 0 Å². The fraction of sp³-hybridized carbons (Fsp3) is 0.231. The summed E-state index contributed by atoms with van der Waals surface area (Å²) in [6.07, 6.45) is 0. The Morgan fingerprint density at radius 1 is 1.44 bits per heavy atom. The number of hydrogen-bond acceptors (Lipinski definition) is 4. The van der Waals surface area contributed by atoms with Crippen molar-refractivity contribution in [3.05, 3.63) is 50.9 Å². The average Bonchev–Trinajstić information content (AvgIpc) is 2.86. The lowest BCUT2D eigenvalue weighted by atomic mass is 9.97. The van der Waals surface area contributed by atoms with Gasteiger partial charge in [0.05, 0.1) is 17.8 Å². The molecule has 3 nitrogen and oxygen atoms in total. The van der Waals surface area contributed by atoms with E-state index in [0.29, 0.717) is 6.61 Å². The normalized spacial score (nSPS) is 12.1. The van der Waals surface area contributed by atoms with Crippen LogP contribution in [0.25, 0.3) is 0 Å². The monoisotopic (exact) mass is 325 g/mol. The van der Waals surface area contributed by atoms with Gasteiger partial charge < -0.3 is 4.74 Å². The van der Waals surface area contributed by atoms with Gasteiger partial charge in [-0.1, -0.05) is 28.1 Å². The van der Waals surface area contributed by atoms with Crippen molar-refractivity contribution >= 4 is 33.2 Å². The summed E-state index contributed by atoms with van der Waals surface area (Å²) in [5.74, 6) is -0.699. The molecule has 0 aliphatic carbocycles. The maximum atomic E-state index is 12.1. The topological polar surface area (TPSA) is 39.2 Å². The van der Waals surface area contributed by atoms with Gasteiger partial charge in [0.1, 0.15) is 5.92 Å². The fourth-order valence-corrected chi connectivity index (χ4v) is 2.52. The third-order valence-corrected chi connectivity index (χ3v) is 3.61. The van der Waals surface area contributed by atoms with Crippen molar-refractivity contribution in [1.29, 1.82) is 0 Å². The molecule has 0 saturated heterocycles. The molecule has 0 N–H and O–H groups in total. The largest absolute Gasteiger partial charge is 0.465 e. The van der Waals surface area contributed by atoms with Gasteiger partial charge in [-0.2, -0.15) is 0 Å². The molecule has 0 aliphatic rings. The van der Waals surface area contributed by atoms with E-state index in [9.17, 15) is 4.79 Å². The predicted molar refractivity (Wildman–Crippen MR) is 74.7 cm³/mol. The highest BCUT2D eigenvalue weighted by Gasteiger charge is 2.25. The maximum Gasteiger partial charge on any atom is 0.319 e. The number of carbonyl (C=O) groups is 1. The number of aromatic nitrogens is 1. The van der Waals surface area contributed by atoms with Gasteiger partial charge in [0, 0.05) is 9.85 Å². The standard InChI is InChI=1S/C13H12BrNO2S/c1-2-17-13(16)12(11-7-18-8-15-11)9-3-5-10(14)6-4-9/h3-8,12H,2H2,1H3. The van der Waals surface area contributed by atoms with E-state index in [4.69, 9.17) is 4.74 Å². The zero-order chi connectivity index (χ0) is 13.0. The second kappa shape index (κ2) is 6.11. The smallest absolute Gasteiger partial charge is 0.319 e. The van der Waals surface area contributed by atoms with E-state index in [1.54, 1.807) is 12.4 Å². The van der Waals surface area contributed by atoms with Gasteiger partial charge in [-0.05, 0) is 24.6 Å².